The Hall–Kier alpha value is -2.37. The van der Waals surface area contributed by atoms with Gasteiger partial charge in [-0.1, -0.05) is 36.4 Å². The maximum atomic E-state index is 12.2. The van der Waals surface area contributed by atoms with Gasteiger partial charge >= 0.3 is 0 Å². The van der Waals surface area contributed by atoms with E-state index in [1.807, 2.05) is 57.2 Å². The Balaban J connectivity index is 0.00000338. The van der Waals surface area contributed by atoms with E-state index < -0.39 is 0 Å². The lowest BCUT2D eigenvalue weighted by molar-refractivity contribution is -0.116. The zero-order valence-electron chi connectivity index (χ0n) is 15.3. The zero-order chi connectivity index (χ0) is 18.4. The van der Waals surface area contributed by atoms with Crippen molar-refractivity contribution in [1.82, 2.24) is 5.32 Å². The highest BCUT2D eigenvalue weighted by Crippen LogP contribution is 2.18. The summed E-state index contributed by atoms with van der Waals surface area (Å²) in [6.45, 7) is 5.68. The lowest BCUT2D eigenvalue weighted by Gasteiger charge is -2.14. The summed E-state index contributed by atoms with van der Waals surface area (Å²) in [5.74, 6) is -0.333. The van der Waals surface area contributed by atoms with E-state index in [9.17, 15) is 9.59 Å². The van der Waals surface area contributed by atoms with Gasteiger partial charge in [0.2, 0.25) is 5.91 Å². The predicted molar refractivity (Wildman–Crippen MR) is 108 cm³/mol. The molecular weight excluding hydrogens is 350 g/mol. The van der Waals surface area contributed by atoms with Gasteiger partial charge in [-0.2, -0.15) is 0 Å². The number of halogens is 1. The Morgan fingerprint density at radius 1 is 1.08 bits per heavy atom. The summed E-state index contributed by atoms with van der Waals surface area (Å²) in [5, 5.41) is 5.68. The van der Waals surface area contributed by atoms with Gasteiger partial charge in [-0.15, -0.1) is 12.4 Å². The van der Waals surface area contributed by atoms with E-state index in [1.54, 1.807) is 12.1 Å². The minimum absolute atomic E-state index is 0. The minimum Gasteiger partial charge on any atom is -0.350 e. The second kappa shape index (κ2) is 9.94. The molecule has 0 radical (unpaired) electrons. The molecule has 0 aliphatic carbocycles. The third kappa shape index (κ3) is 6.17. The van der Waals surface area contributed by atoms with Crippen molar-refractivity contribution in [2.45, 2.75) is 39.3 Å². The third-order valence-electron chi connectivity index (χ3n) is 3.82. The van der Waals surface area contributed by atoms with Crippen LogP contribution in [0.1, 0.15) is 47.8 Å². The fraction of sp³-hybridized carbons (Fsp3) is 0.300. The Kier molecular flexibility index (Phi) is 8.29. The molecule has 0 fully saturated rings. The molecule has 0 aliphatic rings. The van der Waals surface area contributed by atoms with Crippen molar-refractivity contribution in [1.29, 1.82) is 0 Å². The van der Waals surface area contributed by atoms with Crippen LogP contribution in [-0.4, -0.2) is 17.9 Å². The van der Waals surface area contributed by atoms with E-state index in [1.165, 1.54) is 0 Å². The quantitative estimate of drug-likeness (QED) is 0.721. The molecule has 5 nitrogen and oxygen atoms in total. The van der Waals surface area contributed by atoms with Crippen molar-refractivity contribution in [3.8, 4) is 0 Å². The number of hydrogen-bond acceptors (Lipinski definition) is 3. The SMILES string of the molecule is Cc1ccc(NC(=O)CC(N)c2ccccc2)cc1C(=O)NC(C)C.Cl. The van der Waals surface area contributed by atoms with Crippen LogP contribution in [0, 0.1) is 6.92 Å². The molecule has 2 aromatic carbocycles. The Labute approximate surface area is 160 Å². The second-order valence-corrected chi connectivity index (χ2v) is 6.43. The molecule has 2 aromatic rings. The largest absolute Gasteiger partial charge is 0.350 e. The lowest BCUT2D eigenvalue weighted by atomic mass is 10.0. The van der Waals surface area contributed by atoms with Crippen LogP contribution < -0.4 is 16.4 Å². The van der Waals surface area contributed by atoms with Crippen molar-refractivity contribution in [3.63, 3.8) is 0 Å². The molecule has 26 heavy (non-hydrogen) atoms. The highest BCUT2D eigenvalue weighted by molar-refractivity contribution is 5.98. The van der Waals surface area contributed by atoms with Gasteiger partial charge in [0, 0.05) is 29.8 Å². The van der Waals surface area contributed by atoms with E-state index in [-0.39, 0.29) is 42.7 Å². The highest BCUT2D eigenvalue weighted by Gasteiger charge is 2.14. The van der Waals surface area contributed by atoms with E-state index in [2.05, 4.69) is 10.6 Å². The van der Waals surface area contributed by atoms with Gasteiger partial charge in [-0.25, -0.2) is 0 Å². The first-order valence-corrected chi connectivity index (χ1v) is 8.38. The number of carbonyl (C=O) groups excluding carboxylic acids is 2. The molecule has 0 saturated heterocycles. The van der Waals surface area contributed by atoms with Crippen LogP contribution >= 0.6 is 12.4 Å². The summed E-state index contributed by atoms with van der Waals surface area (Å²) in [6, 6.07) is 14.5. The van der Waals surface area contributed by atoms with Crippen LogP contribution in [0.5, 0.6) is 0 Å². The van der Waals surface area contributed by atoms with Crippen molar-refractivity contribution in [2.75, 3.05) is 5.32 Å². The number of benzene rings is 2. The van der Waals surface area contributed by atoms with Crippen LogP contribution in [0.15, 0.2) is 48.5 Å². The van der Waals surface area contributed by atoms with Gasteiger partial charge in [-0.3, -0.25) is 9.59 Å². The summed E-state index contributed by atoms with van der Waals surface area (Å²) in [7, 11) is 0. The second-order valence-electron chi connectivity index (χ2n) is 6.43. The fourth-order valence-corrected chi connectivity index (χ4v) is 2.51. The topological polar surface area (TPSA) is 84.2 Å². The van der Waals surface area contributed by atoms with Crippen LogP contribution in [0.25, 0.3) is 0 Å². The summed E-state index contributed by atoms with van der Waals surface area (Å²) in [5.41, 5.74) is 9.00. The number of nitrogens with two attached hydrogens (primary N) is 1. The Morgan fingerprint density at radius 2 is 1.73 bits per heavy atom. The molecule has 6 heteroatoms. The maximum absolute atomic E-state index is 12.2. The monoisotopic (exact) mass is 375 g/mol. The molecule has 2 rings (SSSR count). The average molecular weight is 376 g/mol. The number of amides is 2. The number of carbonyl (C=O) groups is 2. The van der Waals surface area contributed by atoms with Gasteiger partial charge in [0.1, 0.15) is 0 Å². The summed E-state index contributed by atoms with van der Waals surface area (Å²) >= 11 is 0. The first-order chi connectivity index (χ1) is 11.9. The van der Waals surface area contributed by atoms with Crippen LogP contribution in [0.4, 0.5) is 5.69 Å². The summed E-state index contributed by atoms with van der Waals surface area (Å²) in [6.07, 6.45) is 0.172. The molecule has 140 valence electrons. The molecule has 0 spiro atoms. The first-order valence-electron chi connectivity index (χ1n) is 8.38. The van der Waals surface area contributed by atoms with Crippen molar-refractivity contribution in [2.24, 2.45) is 5.73 Å². The van der Waals surface area contributed by atoms with Gasteiger partial charge in [0.15, 0.2) is 0 Å². The van der Waals surface area contributed by atoms with E-state index in [0.717, 1.165) is 11.1 Å². The average Bonchev–Trinajstić information content (AvgIpc) is 2.56. The number of anilines is 1. The molecule has 0 aromatic heterocycles. The summed E-state index contributed by atoms with van der Waals surface area (Å²) < 4.78 is 0. The third-order valence-corrected chi connectivity index (χ3v) is 3.82. The Bertz CT molecular complexity index is 748. The number of nitrogens with one attached hydrogen (secondary N) is 2. The molecule has 0 heterocycles. The van der Waals surface area contributed by atoms with Crippen molar-refractivity contribution in [3.05, 3.63) is 65.2 Å². The van der Waals surface area contributed by atoms with Crippen molar-refractivity contribution >= 4 is 29.9 Å². The van der Waals surface area contributed by atoms with Gasteiger partial charge < -0.3 is 16.4 Å². The molecular formula is C20H26ClN3O2. The predicted octanol–water partition coefficient (Wildman–Crippen LogP) is 3.58. The van der Waals surface area contributed by atoms with Crippen LogP contribution in [-0.2, 0) is 4.79 Å². The molecule has 0 aliphatic heterocycles. The Morgan fingerprint density at radius 3 is 2.35 bits per heavy atom. The minimum atomic E-state index is -0.365. The lowest BCUT2D eigenvalue weighted by Crippen LogP contribution is -2.30. The van der Waals surface area contributed by atoms with E-state index >= 15 is 0 Å². The highest BCUT2D eigenvalue weighted by atomic mass is 35.5. The van der Waals surface area contributed by atoms with Gasteiger partial charge in [0.25, 0.3) is 5.91 Å². The molecule has 2 amide bonds. The number of aryl methyl sites for hydroxylation is 1. The van der Waals surface area contributed by atoms with Crippen LogP contribution in [0.3, 0.4) is 0 Å². The van der Waals surface area contributed by atoms with Crippen molar-refractivity contribution < 1.29 is 9.59 Å². The molecule has 1 unspecified atom stereocenters. The number of hydrogen-bond donors (Lipinski definition) is 3. The number of rotatable bonds is 6. The van der Waals surface area contributed by atoms with E-state index in [4.69, 9.17) is 5.73 Å². The maximum Gasteiger partial charge on any atom is 0.251 e. The first kappa shape index (κ1) is 21.7. The van der Waals surface area contributed by atoms with Gasteiger partial charge in [0.05, 0.1) is 0 Å². The van der Waals surface area contributed by atoms with E-state index in [0.29, 0.717) is 11.3 Å². The van der Waals surface area contributed by atoms with Crippen LogP contribution in [0.2, 0.25) is 0 Å². The molecule has 4 N–H and O–H groups in total. The zero-order valence-corrected chi connectivity index (χ0v) is 16.1. The molecule has 1 atom stereocenters. The standard InChI is InChI=1S/C20H25N3O2.ClH/c1-13(2)22-20(25)17-11-16(10-9-14(17)3)23-19(24)12-18(21)15-7-5-4-6-8-15;/h4-11,13,18H,12,21H2,1-3H3,(H,22,25)(H,23,24);1H. The van der Waals surface area contributed by atoms with Gasteiger partial charge in [-0.05, 0) is 44.0 Å². The smallest absolute Gasteiger partial charge is 0.251 e. The molecule has 0 bridgehead atoms. The summed E-state index contributed by atoms with van der Waals surface area (Å²) in [4.78, 5) is 24.5. The normalized spacial score (nSPS) is 11.4. The fourth-order valence-electron chi connectivity index (χ4n) is 2.51. The molecule has 0 saturated carbocycles.